The van der Waals surface area contributed by atoms with Crippen molar-refractivity contribution in [3.05, 3.63) is 0 Å². The third-order valence-electron chi connectivity index (χ3n) is 2.92. The zero-order chi connectivity index (χ0) is 10.1. The maximum absolute atomic E-state index is 11.4. The lowest BCUT2D eigenvalue weighted by atomic mass is 10.0. The molecule has 1 amide bonds. The number of ether oxygens (including phenoxy) is 1. The minimum Gasteiger partial charge on any atom is -0.467 e. The van der Waals surface area contributed by atoms with Gasteiger partial charge in [0.05, 0.1) is 13.7 Å². The molecule has 0 radical (unpaired) electrons. The standard InChI is InChI=1S/C9H14N2O3/c1-14-9(13)8-6-3-2-4-11(6)5-7(12)10-8/h6,8H,2-5H2,1H3,(H,10,12). The number of hydrogen-bond acceptors (Lipinski definition) is 4. The second-order valence-corrected chi connectivity index (χ2v) is 3.75. The van der Waals surface area contributed by atoms with E-state index in [4.69, 9.17) is 0 Å². The molecule has 0 aromatic heterocycles. The molecule has 78 valence electrons. The Hall–Kier alpha value is -1.10. The van der Waals surface area contributed by atoms with Crippen LogP contribution in [0.2, 0.25) is 0 Å². The number of fused-ring (bicyclic) bond motifs is 1. The van der Waals surface area contributed by atoms with Crippen LogP contribution in [0.4, 0.5) is 0 Å². The van der Waals surface area contributed by atoms with Gasteiger partial charge in [0.2, 0.25) is 5.91 Å². The van der Waals surface area contributed by atoms with E-state index in [1.807, 2.05) is 0 Å². The summed E-state index contributed by atoms with van der Waals surface area (Å²) in [7, 11) is 1.35. The fourth-order valence-electron chi connectivity index (χ4n) is 2.27. The van der Waals surface area contributed by atoms with Gasteiger partial charge in [-0.1, -0.05) is 0 Å². The topological polar surface area (TPSA) is 58.6 Å². The monoisotopic (exact) mass is 198 g/mol. The van der Waals surface area contributed by atoms with Gasteiger partial charge >= 0.3 is 5.97 Å². The van der Waals surface area contributed by atoms with E-state index in [0.29, 0.717) is 6.54 Å². The van der Waals surface area contributed by atoms with Crippen LogP contribution in [-0.4, -0.2) is 49.1 Å². The highest BCUT2D eigenvalue weighted by Crippen LogP contribution is 2.23. The van der Waals surface area contributed by atoms with E-state index in [2.05, 4.69) is 15.0 Å². The van der Waals surface area contributed by atoms with E-state index in [9.17, 15) is 9.59 Å². The van der Waals surface area contributed by atoms with Crippen molar-refractivity contribution >= 4 is 11.9 Å². The van der Waals surface area contributed by atoms with Crippen LogP contribution in [0.25, 0.3) is 0 Å². The Bertz CT molecular complexity index is 267. The number of hydrogen-bond donors (Lipinski definition) is 1. The fourth-order valence-corrected chi connectivity index (χ4v) is 2.27. The number of piperazine rings is 1. The van der Waals surface area contributed by atoms with Gasteiger partial charge in [-0.15, -0.1) is 0 Å². The summed E-state index contributed by atoms with van der Waals surface area (Å²) >= 11 is 0. The average molecular weight is 198 g/mol. The second kappa shape index (κ2) is 3.57. The van der Waals surface area contributed by atoms with E-state index in [-0.39, 0.29) is 17.9 Å². The third kappa shape index (κ3) is 1.48. The molecule has 2 unspecified atom stereocenters. The number of amides is 1. The normalized spacial score (nSPS) is 32.2. The zero-order valence-electron chi connectivity index (χ0n) is 8.16. The largest absolute Gasteiger partial charge is 0.467 e. The molecule has 1 N–H and O–H groups in total. The molecule has 2 atom stereocenters. The highest BCUT2D eigenvalue weighted by atomic mass is 16.5. The Balaban J connectivity index is 2.13. The van der Waals surface area contributed by atoms with Crippen molar-refractivity contribution in [2.45, 2.75) is 24.9 Å². The van der Waals surface area contributed by atoms with Crippen LogP contribution in [0.5, 0.6) is 0 Å². The Morgan fingerprint density at radius 1 is 1.64 bits per heavy atom. The molecule has 14 heavy (non-hydrogen) atoms. The first-order valence-electron chi connectivity index (χ1n) is 4.83. The van der Waals surface area contributed by atoms with Gasteiger partial charge < -0.3 is 10.1 Å². The minimum absolute atomic E-state index is 0.0847. The lowest BCUT2D eigenvalue weighted by Gasteiger charge is -2.34. The summed E-state index contributed by atoms with van der Waals surface area (Å²) in [5.74, 6) is -0.423. The molecule has 2 fully saturated rings. The number of carbonyl (C=O) groups is 2. The molecule has 0 aromatic rings. The van der Waals surface area contributed by atoms with Crippen molar-refractivity contribution < 1.29 is 14.3 Å². The maximum Gasteiger partial charge on any atom is 0.330 e. The van der Waals surface area contributed by atoms with Crippen molar-refractivity contribution in [1.29, 1.82) is 0 Å². The van der Waals surface area contributed by atoms with Crippen molar-refractivity contribution in [3.8, 4) is 0 Å². The molecule has 0 bridgehead atoms. The van der Waals surface area contributed by atoms with Crippen LogP contribution in [0.1, 0.15) is 12.8 Å². The first kappa shape index (κ1) is 9.45. The summed E-state index contributed by atoms with van der Waals surface area (Å²) in [5, 5.41) is 2.68. The highest BCUT2D eigenvalue weighted by molar-refractivity contribution is 5.87. The summed E-state index contributed by atoms with van der Waals surface area (Å²) in [6.45, 7) is 1.32. The molecule has 2 aliphatic heterocycles. The number of esters is 1. The lowest BCUT2D eigenvalue weighted by molar-refractivity contribution is -0.149. The van der Waals surface area contributed by atoms with E-state index in [1.54, 1.807) is 0 Å². The molecular weight excluding hydrogens is 184 g/mol. The molecule has 2 saturated heterocycles. The van der Waals surface area contributed by atoms with E-state index < -0.39 is 6.04 Å². The van der Waals surface area contributed by atoms with Crippen molar-refractivity contribution in [1.82, 2.24) is 10.2 Å². The van der Waals surface area contributed by atoms with E-state index in [1.165, 1.54) is 7.11 Å². The molecule has 2 rings (SSSR count). The van der Waals surface area contributed by atoms with E-state index in [0.717, 1.165) is 19.4 Å². The summed E-state index contributed by atoms with van der Waals surface area (Å²) in [6.07, 6.45) is 2.01. The van der Waals surface area contributed by atoms with Crippen LogP contribution in [-0.2, 0) is 14.3 Å². The van der Waals surface area contributed by atoms with Gasteiger partial charge in [0.15, 0.2) is 0 Å². The molecule has 0 aromatic carbocycles. The molecule has 2 heterocycles. The Kier molecular flexibility index (Phi) is 2.41. The second-order valence-electron chi connectivity index (χ2n) is 3.75. The lowest BCUT2D eigenvalue weighted by Crippen LogP contribution is -2.61. The predicted octanol–water partition coefficient (Wildman–Crippen LogP) is -0.878. The quantitative estimate of drug-likeness (QED) is 0.556. The van der Waals surface area contributed by atoms with Crippen LogP contribution in [0, 0.1) is 0 Å². The Morgan fingerprint density at radius 2 is 2.43 bits per heavy atom. The Morgan fingerprint density at radius 3 is 3.14 bits per heavy atom. The summed E-state index contributed by atoms with van der Waals surface area (Å²) < 4.78 is 4.67. The predicted molar refractivity (Wildman–Crippen MR) is 48.5 cm³/mol. The fraction of sp³-hybridized carbons (Fsp3) is 0.778. The smallest absolute Gasteiger partial charge is 0.330 e. The minimum atomic E-state index is -0.469. The molecule has 0 aliphatic carbocycles. The average Bonchev–Trinajstić information content (AvgIpc) is 2.62. The summed E-state index contributed by atoms with van der Waals surface area (Å²) in [4.78, 5) is 24.7. The van der Waals surface area contributed by atoms with Crippen LogP contribution in [0.15, 0.2) is 0 Å². The summed E-state index contributed by atoms with van der Waals surface area (Å²) in [5.41, 5.74) is 0. The SMILES string of the molecule is COC(=O)C1NC(=O)CN2CCCC12. The third-order valence-corrected chi connectivity index (χ3v) is 2.92. The molecule has 0 saturated carbocycles. The molecule has 5 heteroatoms. The van der Waals surface area contributed by atoms with Gasteiger partial charge in [-0.3, -0.25) is 9.69 Å². The Labute approximate surface area is 82.4 Å². The van der Waals surface area contributed by atoms with Gasteiger partial charge in [0.25, 0.3) is 0 Å². The van der Waals surface area contributed by atoms with Crippen molar-refractivity contribution in [2.24, 2.45) is 0 Å². The number of nitrogens with zero attached hydrogens (tertiary/aromatic N) is 1. The highest BCUT2D eigenvalue weighted by Gasteiger charge is 2.41. The van der Waals surface area contributed by atoms with Gasteiger partial charge in [0, 0.05) is 6.04 Å². The van der Waals surface area contributed by atoms with E-state index >= 15 is 0 Å². The zero-order valence-corrected chi connectivity index (χ0v) is 8.16. The molecule has 2 aliphatic rings. The number of carbonyl (C=O) groups excluding carboxylic acids is 2. The molecule has 0 spiro atoms. The van der Waals surface area contributed by atoms with Gasteiger partial charge in [-0.2, -0.15) is 0 Å². The first-order valence-corrected chi connectivity index (χ1v) is 4.83. The van der Waals surface area contributed by atoms with Crippen LogP contribution in [0.3, 0.4) is 0 Å². The van der Waals surface area contributed by atoms with Crippen molar-refractivity contribution in [2.75, 3.05) is 20.2 Å². The molecule has 5 nitrogen and oxygen atoms in total. The van der Waals surface area contributed by atoms with Crippen LogP contribution < -0.4 is 5.32 Å². The first-order chi connectivity index (χ1) is 6.72. The van der Waals surface area contributed by atoms with Gasteiger partial charge in [0.1, 0.15) is 6.04 Å². The molecular formula is C9H14N2O3. The maximum atomic E-state index is 11.4. The van der Waals surface area contributed by atoms with Gasteiger partial charge in [-0.05, 0) is 19.4 Å². The van der Waals surface area contributed by atoms with Crippen molar-refractivity contribution in [3.63, 3.8) is 0 Å². The summed E-state index contributed by atoms with van der Waals surface area (Å²) in [6, 6.07) is -0.330. The number of nitrogens with one attached hydrogen (secondary N) is 1. The van der Waals surface area contributed by atoms with Gasteiger partial charge in [-0.25, -0.2) is 4.79 Å². The van der Waals surface area contributed by atoms with Crippen LogP contribution >= 0.6 is 0 Å². The number of rotatable bonds is 1. The number of methoxy groups -OCH3 is 1.